The quantitative estimate of drug-likeness (QED) is 0.615. The highest BCUT2D eigenvalue weighted by Crippen LogP contribution is 2.31. The molecular formula is C12H26NP. The lowest BCUT2D eigenvalue weighted by Gasteiger charge is -2.24. The number of rotatable bonds is 0. The zero-order chi connectivity index (χ0) is 10.4. The van der Waals surface area contributed by atoms with Crippen LogP contribution in [0, 0.1) is 0 Å². The molecule has 2 heteroatoms. The van der Waals surface area contributed by atoms with Crippen molar-refractivity contribution in [3.63, 3.8) is 0 Å². The zero-order valence-corrected chi connectivity index (χ0v) is 10.8. The second-order valence-electron chi connectivity index (χ2n) is 5.26. The first kappa shape index (κ1) is 12.5. The maximum absolute atomic E-state index is 6.04. The summed E-state index contributed by atoms with van der Waals surface area (Å²) in [6.45, 7) is 2.38. The van der Waals surface area contributed by atoms with Crippen molar-refractivity contribution in [2.24, 2.45) is 5.73 Å². The van der Waals surface area contributed by atoms with Gasteiger partial charge in [-0.05, 0) is 30.8 Å². The Balaban J connectivity index is 2.34. The highest BCUT2D eigenvalue weighted by molar-refractivity contribution is 7.18. The van der Waals surface area contributed by atoms with Gasteiger partial charge in [0.15, 0.2) is 0 Å². The van der Waals surface area contributed by atoms with Crippen molar-refractivity contribution < 1.29 is 0 Å². The summed E-state index contributed by atoms with van der Waals surface area (Å²) in [5, 5.41) is 0.494. The molecule has 0 aliphatic heterocycles. The zero-order valence-electron chi connectivity index (χ0n) is 9.60. The summed E-state index contributed by atoms with van der Waals surface area (Å²) in [6.07, 6.45) is 12.0. The Morgan fingerprint density at radius 1 is 1.00 bits per heavy atom. The van der Waals surface area contributed by atoms with E-state index in [0.717, 1.165) is 0 Å². The fraction of sp³-hybridized carbons (Fsp3) is 1.00. The molecule has 0 heterocycles. The number of nitrogens with two attached hydrogens (primary N) is 1. The van der Waals surface area contributed by atoms with Gasteiger partial charge in [-0.2, -0.15) is 0 Å². The summed E-state index contributed by atoms with van der Waals surface area (Å²) in [6, 6.07) is 0.476. The Morgan fingerprint density at radius 3 is 2.14 bits per heavy atom. The molecule has 1 saturated carbocycles. The lowest BCUT2D eigenvalue weighted by Crippen LogP contribution is -2.19. The predicted molar refractivity (Wildman–Crippen MR) is 67.6 cm³/mol. The van der Waals surface area contributed by atoms with E-state index in [1.165, 1.54) is 57.8 Å². The van der Waals surface area contributed by atoms with Gasteiger partial charge in [-0.1, -0.05) is 39.0 Å². The van der Waals surface area contributed by atoms with Crippen LogP contribution >= 0.6 is 9.24 Å². The van der Waals surface area contributed by atoms with Crippen LogP contribution in [0.25, 0.3) is 0 Å². The molecule has 1 aliphatic carbocycles. The van der Waals surface area contributed by atoms with Crippen molar-refractivity contribution in [2.75, 3.05) is 0 Å². The van der Waals surface area contributed by atoms with E-state index >= 15 is 0 Å². The highest BCUT2D eigenvalue weighted by atomic mass is 31.0. The molecule has 1 nitrogen and oxygen atoms in total. The van der Waals surface area contributed by atoms with Crippen LogP contribution in [-0.4, -0.2) is 11.2 Å². The van der Waals surface area contributed by atoms with Gasteiger partial charge in [0.1, 0.15) is 0 Å². The topological polar surface area (TPSA) is 26.0 Å². The minimum atomic E-state index is 0.476. The van der Waals surface area contributed by atoms with Gasteiger partial charge in [-0.3, -0.25) is 0 Å². The van der Waals surface area contributed by atoms with Crippen LogP contribution in [-0.2, 0) is 0 Å². The van der Waals surface area contributed by atoms with Gasteiger partial charge in [0.05, 0.1) is 0 Å². The Morgan fingerprint density at radius 2 is 1.50 bits per heavy atom. The molecule has 0 bridgehead atoms. The van der Waals surface area contributed by atoms with E-state index < -0.39 is 0 Å². The largest absolute Gasteiger partial charge is 0.328 e. The molecule has 0 saturated heterocycles. The fourth-order valence-corrected chi connectivity index (χ4v) is 2.73. The first-order valence-corrected chi connectivity index (χ1v) is 6.72. The third-order valence-corrected chi connectivity index (χ3v) is 3.97. The molecule has 2 N–H and O–H groups in total. The molecule has 1 fully saturated rings. The molecule has 0 aromatic carbocycles. The molecule has 0 radical (unpaired) electrons. The van der Waals surface area contributed by atoms with E-state index in [1.54, 1.807) is 0 Å². The minimum absolute atomic E-state index is 0.476. The maximum atomic E-state index is 6.04. The van der Waals surface area contributed by atoms with Crippen molar-refractivity contribution in [3.8, 4) is 0 Å². The van der Waals surface area contributed by atoms with Crippen LogP contribution in [0.1, 0.15) is 64.7 Å². The minimum Gasteiger partial charge on any atom is -0.328 e. The Kier molecular flexibility index (Phi) is 5.41. The van der Waals surface area contributed by atoms with Crippen LogP contribution in [0.15, 0.2) is 0 Å². The molecule has 1 rings (SSSR count). The van der Waals surface area contributed by atoms with Gasteiger partial charge in [0.25, 0.3) is 0 Å². The molecule has 1 aliphatic rings. The molecule has 0 aromatic rings. The number of hydrogen-bond acceptors (Lipinski definition) is 1. The highest BCUT2D eigenvalue weighted by Gasteiger charge is 2.17. The normalized spacial score (nSPS) is 37.5. The number of hydrogen-bond donors (Lipinski definition) is 1. The lowest BCUT2D eigenvalue weighted by molar-refractivity contribution is 0.485. The summed E-state index contributed by atoms with van der Waals surface area (Å²) >= 11 is 0. The third kappa shape index (κ3) is 5.32. The average molecular weight is 215 g/mol. The predicted octanol–water partition coefficient (Wildman–Crippen LogP) is 3.47. The van der Waals surface area contributed by atoms with E-state index in [0.29, 0.717) is 11.2 Å². The van der Waals surface area contributed by atoms with Gasteiger partial charge in [-0.15, -0.1) is 9.24 Å². The van der Waals surface area contributed by atoms with Crippen LogP contribution in [0.4, 0.5) is 0 Å². The van der Waals surface area contributed by atoms with E-state index in [-0.39, 0.29) is 0 Å². The van der Waals surface area contributed by atoms with Crippen LogP contribution in [0.3, 0.4) is 0 Å². The monoisotopic (exact) mass is 215 g/mol. The van der Waals surface area contributed by atoms with Gasteiger partial charge in [0.2, 0.25) is 0 Å². The molecule has 84 valence electrons. The summed E-state index contributed by atoms with van der Waals surface area (Å²) in [5.74, 6) is 0. The van der Waals surface area contributed by atoms with Gasteiger partial charge >= 0.3 is 0 Å². The van der Waals surface area contributed by atoms with E-state index in [4.69, 9.17) is 5.73 Å². The average Bonchev–Trinajstić information content (AvgIpc) is 2.13. The van der Waals surface area contributed by atoms with Gasteiger partial charge in [-0.25, -0.2) is 0 Å². The van der Waals surface area contributed by atoms with E-state index in [1.807, 2.05) is 0 Å². The SMILES string of the molecule is CC1(P)CCCCCC(N)CCCC1. The van der Waals surface area contributed by atoms with Crippen LogP contribution in [0.5, 0.6) is 0 Å². The second-order valence-corrected chi connectivity index (χ2v) is 6.65. The van der Waals surface area contributed by atoms with Gasteiger partial charge in [0, 0.05) is 6.04 Å². The molecule has 3 atom stereocenters. The summed E-state index contributed by atoms with van der Waals surface area (Å²) in [5.41, 5.74) is 6.04. The van der Waals surface area contributed by atoms with Crippen molar-refractivity contribution in [2.45, 2.75) is 75.9 Å². The van der Waals surface area contributed by atoms with Crippen molar-refractivity contribution >= 4 is 9.24 Å². The second kappa shape index (κ2) is 6.08. The maximum Gasteiger partial charge on any atom is 0.00388 e. The van der Waals surface area contributed by atoms with Gasteiger partial charge < -0.3 is 5.73 Å². The molecular weight excluding hydrogens is 189 g/mol. The lowest BCUT2D eigenvalue weighted by atomic mass is 9.96. The Bertz CT molecular complexity index is 156. The summed E-state index contributed by atoms with van der Waals surface area (Å²) in [4.78, 5) is 0. The van der Waals surface area contributed by atoms with Crippen LogP contribution < -0.4 is 5.73 Å². The standard InChI is InChI=1S/C12H26NP/c1-12(14)9-5-2-3-7-11(13)8-4-6-10-12/h11H,2-10,13-14H2,1H3. The smallest absolute Gasteiger partial charge is 0.00388 e. The molecule has 0 spiro atoms. The summed E-state index contributed by atoms with van der Waals surface area (Å²) in [7, 11) is 3.05. The summed E-state index contributed by atoms with van der Waals surface area (Å²) < 4.78 is 0. The molecule has 0 aromatic heterocycles. The fourth-order valence-electron chi connectivity index (χ4n) is 2.32. The van der Waals surface area contributed by atoms with E-state index in [9.17, 15) is 0 Å². The molecule has 14 heavy (non-hydrogen) atoms. The first-order valence-electron chi connectivity index (χ1n) is 6.15. The van der Waals surface area contributed by atoms with Crippen molar-refractivity contribution in [1.29, 1.82) is 0 Å². The molecule has 3 unspecified atom stereocenters. The third-order valence-electron chi connectivity index (χ3n) is 3.40. The van der Waals surface area contributed by atoms with Crippen LogP contribution in [0.2, 0.25) is 0 Å². The Hall–Kier alpha value is 0.390. The van der Waals surface area contributed by atoms with Crippen molar-refractivity contribution in [1.82, 2.24) is 0 Å². The molecule has 0 amide bonds. The van der Waals surface area contributed by atoms with Crippen molar-refractivity contribution in [3.05, 3.63) is 0 Å². The van der Waals surface area contributed by atoms with E-state index in [2.05, 4.69) is 16.2 Å². The first-order chi connectivity index (χ1) is 6.60. The Labute approximate surface area is 91.4 Å².